The molecule has 0 atom stereocenters. The number of rotatable bonds is 2. The quantitative estimate of drug-likeness (QED) is 0.908. The van der Waals surface area contributed by atoms with Crippen LogP contribution in [0.2, 0.25) is 0 Å². The minimum Gasteiger partial charge on any atom is -0.477 e. The molecule has 0 fully saturated rings. The van der Waals surface area contributed by atoms with Crippen LogP contribution in [0, 0.1) is 0 Å². The van der Waals surface area contributed by atoms with Gasteiger partial charge >= 0.3 is 5.97 Å². The van der Waals surface area contributed by atoms with Crippen molar-refractivity contribution in [3.8, 4) is 10.0 Å². The molecule has 90 valence electrons. The molecule has 0 bridgehead atoms. The molecule has 0 saturated carbocycles. The van der Waals surface area contributed by atoms with Crippen LogP contribution in [0.5, 0.6) is 0 Å². The number of hydrogen-bond acceptors (Lipinski definition) is 5. The third-order valence-corrected chi connectivity index (χ3v) is 4.11. The highest BCUT2D eigenvalue weighted by atomic mass is 32.1. The fraction of sp³-hybridized carbons (Fsp3) is 0.364. The SMILES string of the molecule is CC(C)(C)c1nc(-c2nccs2)sc1C(=O)O. The lowest BCUT2D eigenvalue weighted by Gasteiger charge is -2.15. The van der Waals surface area contributed by atoms with Crippen molar-refractivity contribution >= 4 is 28.6 Å². The van der Waals surface area contributed by atoms with Gasteiger partial charge in [-0.1, -0.05) is 20.8 Å². The maximum atomic E-state index is 11.2. The van der Waals surface area contributed by atoms with Gasteiger partial charge in [0.1, 0.15) is 4.88 Å². The molecule has 0 aliphatic heterocycles. The van der Waals surface area contributed by atoms with Gasteiger partial charge in [-0.05, 0) is 0 Å². The molecule has 0 aliphatic rings. The maximum absolute atomic E-state index is 11.2. The van der Waals surface area contributed by atoms with E-state index in [1.807, 2.05) is 26.2 Å². The molecule has 2 rings (SSSR count). The summed E-state index contributed by atoms with van der Waals surface area (Å²) in [6, 6.07) is 0. The van der Waals surface area contributed by atoms with Crippen molar-refractivity contribution in [2.45, 2.75) is 26.2 Å². The van der Waals surface area contributed by atoms with E-state index >= 15 is 0 Å². The van der Waals surface area contributed by atoms with E-state index in [0.717, 1.165) is 5.01 Å². The summed E-state index contributed by atoms with van der Waals surface area (Å²) in [7, 11) is 0. The summed E-state index contributed by atoms with van der Waals surface area (Å²) in [4.78, 5) is 20.1. The minimum absolute atomic E-state index is 0.278. The third-order valence-electron chi connectivity index (χ3n) is 2.15. The Labute approximate surface area is 107 Å². The van der Waals surface area contributed by atoms with Gasteiger partial charge in [0.15, 0.2) is 10.0 Å². The summed E-state index contributed by atoms with van der Waals surface area (Å²) in [5.41, 5.74) is 0.347. The van der Waals surface area contributed by atoms with Crippen LogP contribution in [-0.4, -0.2) is 21.0 Å². The van der Waals surface area contributed by atoms with Crippen molar-refractivity contribution in [2.75, 3.05) is 0 Å². The summed E-state index contributed by atoms with van der Waals surface area (Å²) >= 11 is 2.65. The van der Waals surface area contributed by atoms with Gasteiger partial charge < -0.3 is 5.11 Å². The first-order chi connectivity index (χ1) is 7.89. The molecule has 0 amide bonds. The molecule has 0 aliphatic carbocycles. The van der Waals surface area contributed by atoms with E-state index in [4.69, 9.17) is 0 Å². The largest absolute Gasteiger partial charge is 0.477 e. The average molecular weight is 268 g/mol. The summed E-state index contributed by atoms with van der Waals surface area (Å²) in [6.45, 7) is 5.88. The van der Waals surface area contributed by atoms with Gasteiger partial charge in [-0.2, -0.15) is 0 Å². The van der Waals surface area contributed by atoms with Crippen molar-refractivity contribution < 1.29 is 9.90 Å². The third kappa shape index (κ3) is 2.37. The van der Waals surface area contributed by atoms with E-state index in [1.165, 1.54) is 22.7 Å². The molecule has 1 N–H and O–H groups in total. The van der Waals surface area contributed by atoms with Crippen LogP contribution in [0.1, 0.15) is 36.1 Å². The van der Waals surface area contributed by atoms with Crippen LogP contribution in [-0.2, 0) is 5.41 Å². The Morgan fingerprint density at radius 1 is 1.35 bits per heavy atom. The molecule has 6 heteroatoms. The van der Waals surface area contributed by atoms with Gasteiger partial charge in [-0.3, -0.25) is 0 Å². The summed E-state index contributed by atoms with van der Waals surface area (Å²) in [5.74, 6) is -0.921. The minimum atomic E-state index is -0.921. The van der Waals surface area contributed by atoms with Crippen molar-refractivity contribution in [1.82, 2.24) is 9.97 Å². The number of aromatic carboxylic acids is 1. The summed E-state index contributed by atoms with van der Waals surface area (Å²) < 4.78 is 0. The van der Waals surface area contributed by atoms with Crippen LogP contribution >= 0.6 is 22.7 Å². The number of thiazole rings is 2. The monoisotopic (exact) mass is 268 g/mol. The van der Waals surface area contributed by atoms with Gasteiger partial charge in [0.05, 0.1) is 5.69 Å². The highest BCUT2D eigenvalue weighted by molar-refractivity contribution is 7.21. The number of aromatic nitrogens is 2. The Balaban J connectivity index is 2.56. The molecule has 2 aromatic heterocycles. The van der Waals surface area contributed by atoms with E-state index in [9.17, 15) is 9.90 Å². The average Bonchev–Trinajstić information content (AvgIpc) is 2.85. The fourth-order valence-corrected chi connectivity index (χ4v) is 3.19. The van der Waals surface area contributed by atoms with E-state index in [2.05, 4.69) is 9.97 Å². The lowest BCUT2D eigenvalue weighted by Crippen LogP contribution is -2.16. The molecule has 0 radical (unpaired) electrons. The van der Waals surface area contributed by atoms with Crippen LogP contribution < -0.4 is 0 Å². The standard InChI is InChI=1S/C11H12N2O2S2/c1-11(2,3)7-6(10(14)15)17-9(13-7)8-12-4-5-16-8/h4-5H,1-3H3,(H,14,15). The van der Waals surface area contributed by atoms with E-state index in [0.29, 0.717) is 15.6 Å². The number of nitrogens with zero attached hydrogens (tertiary/aromatic N) is 2. The van der Waals surface area contributed by atoms with Crippen LogP contribution in [0.4, 0.5) is 0 Å². The first kappa shape index (κ1) is 12.2. The lowest BCUT2D eigenvalue weighted by molar-refractivity contribution is 0.0699. The predicted octanol–water partition coefficient (Wildman–Crippen LogP) is 3.26. The van der Waals surface area contributed by atoms with Gasteiger partial charge in [0.2, 0.25) is 0 Å². The zero-order valence-corrected chi connectivity index (χ0v) is 11.4. The maximum Gasteiger partial charge on any atom is 0.347 e. The number of carboxylic acid groups (broad SMARTS) is 1. The van der Waals surface area contributed by atoms with Crippen molar-refractivity contribution in [3.63, 3.8) is 0 Å². The smallest absolute Gasteiger partial charge is 0.347 e. The van der Waals surface area contributed by atoms with Crippen molar-refractivity contribution in [1.29, 1.82) is 0 Å². The lowest BCUT2D eigenvalue weighted by atomic mass is 9.91. The topological polar surface area (TPSA) is 63.1 Å². The summed E-state index contributed by atoms with van der Waals surface area (Å²) in [5, 5.41) is 12.5. The molecular weight excluding hydrogens is 256 g/mol. The second-order valence-electron chi connectivity index (χ2n) is 4.59. The molecule has 0 saturated heterocycles. The molecular formula is C11H12N2O2S2. The Morgan fingerprint density at radius 2 is 2.06 bits per heavy atom. The molecule has 4 nitrogen and oxygen atoms in total. The Bertz CT molecular complexity index is 538. The first-order valence-corrected chi connectivity index (χ1v) is 6.73. The normalized spacial score (nSPS) is 11.7. The van der Waals surface area contributed by atoms with E-state index in [-0.39, 0.29) is 5.41 Å². The second-order valence-corrected chi connectivity index (χ2v) is 6.48. The number of carbonyl (C=O) groups is 1. The Hall–Kier alpha value is -1.27. The molecule has 0 aromatic carbocycles. The van der Waals surface area contributed by atoms with E-state index in [1.54, 1.807) is 6.20 Å². The second kappa shape index (κ2) is 4.19. The fourth-order valence-electron chi connectivity index (χ4n) is 1.39. The Morgan fingerprint density at radius 3 is 2.47 bits per heavy atom. The van der Waals surface area contributed by atoms with Crippen LogP contribution in [0.15, 0.2) is 11.6 Å². The van der Waals surface area contributed by atoms with E-state index < -0.39 is 5.97 Å². The highest BCUT2D eigenvalue weighted by Gasteiger charge is 2.27. The molecule has 17 heavy (non-hydrogen) atoms. The zero-order chi connectivity index (χ0) is 12.6. The predicted molar refractivity (Wildman–Crippen MR) is 68.9 cm³/mol. The Kier molecular flexibility index (Phi) is 3.01. The van der Waals surface area contributed by atoms with Gasteiger partial charge in [-0.25, -0.2) is 14.8 Å². The molecule has 0 spiro atoms. The van der Waals surface area contributed by atoms with Crippen LogP contribution in [0.3, 0.4) is 0 Å². The van der Waals surface area contributed by atoms with Gasteiger partial charge in [0.25, 0.3) is 0 Å². The molecule has 2 heterocycles. The van der Waals surface area contributed by atoms with Crippen molar-refractivity contribution in [2.24, 2.45) is 0 Å². The van der Waals surface area contributed by atoms with Crippen LogP contribution in [0.25, 0.3) is 10.0 Å². The molecule has 0 unspecified atom stereocenters. The number of carboxylic acids is 1. The summed E-state index contributed by atoms with van der Waals surface area (Å²) in [6.07, 6.45) is 1.69. The van der Waals surface area contributed by atoms with Gasteiger partial charge in [0, 0.05) is 17.0 Å². The van der Waals surface area contributed by atoms with Crippen molar-refractivity contribution in [3.05, 3.63) is 22.1 Å². The number of hydrogen-bond donors (Lipinski definition) is 1. The zero-order valence-electron chi connectivity index (χ0n) is 9.72. The first-order valence-electron chi connectivity index (χ1n) is 5.04. The van der Waals surface area contributed by atoms with Gasteiger partial charge in [-0.15, -0.1) is 22.7 Å². The molecule has 2 aromatic rings. The highest BCUT2D eigenvalue weighted by Crippen LogP contribution is 2.34.